The molecule has 0 saturated carbocycles. The van der Waals surface area contributed by atoms with Gasteiger partial charge in [0.1, 0.15) is 5.82 Å². The average molecular weight is 432 g/mol. The molecule has 0 atom stereocenters. The Balaban J connectivity index is 1.99. The summed E-state index contributed by atoms with van der Waals surface area (Å²) in [5.74, 6) is 1.59. The lowest BCUT2D eigenvalue weighted by atomic mass is 10.1. The molecule has 7 nitrogen and oxygen atoms in total. The van der Waals surface area contributed by atoms with Gasteiger partial charge in [0.2, 0.25) is 0 Å². The van der Waals surface area contributed by atoms with Crippen LogP contribution in [0.1, 0.15) is 35.0 Å². The standard InChI is InChI=1S/C22H33N5O2S/c1-6-12-27(4)20-14-19(15-29-5)24-22(25-20)30-16-17-7-9-18(10-8-17)21(28)23-11-13-26(2)3/h7-10,14H,6,11-13,15-16H2,1-5H3,(H,23,28). The summed E-state index contributed by atoms with van der Waals surface area (Å²) >= 11 is 1.58. The van der Waals surface area contributed by atoms with E-state index in [1.54, 1.807) is 18.9 Å². The highest BCUT2D eigenvalue weighted by molar-refractivity contribution is 7.98. The summed E-state index contributed by atoms with van der Waals surface area (Å²) in [6, 6.07) is 9.67. The van der Waals surface area contributed by atoms with Crippen molar-refractivity contribution in [2.75, 3.05) is 52.8 Å². The molecule has 0 spiro atoms. The van der Waals surface area contributed by atoms with Crippen molar-refractivity contribution < 1.29 is 9.53 Å². The minimum Gasteiger partial charge on any atom is -0.378 e. The Morgan fingerprint density at radius 2 is 1.87 bits per heavy atom. The van der Waals surface area contributed by atoms with Crippen LogP contribution in [0, 0.1) is 0 Å². The van der Waals surface area contributed by atoms with E-state index in [4.69, 9.17) is 9.72 Å². The fraction of sp³-hybridized carbons (Fsp3) is 0.500. The molecule has 0 saturated heterocycles. The number of carbonyl (C=O) groups excluding carboxylic acids is 1. The van der Waals surface area contributed by atoms with Crippen LogP contribution in [0.5, 0.6) is 0 Å². The van der Waals surface area contributed by atoms with Crippen LogP contribution in [0.15, 0.2) is 35.5 Å². The van der Waals surface area contributed by atoms with Gasteiger partial charge in [-0.2, -0.15) is 0 Å². The normalized spacial score (nSPS) is 11.0. The fourth-order valence-corrected chi connectivity index (χ4v) is 3.61. The lowest BCUT2D eigenvalue weighted by Crippen LogP contribution is -2.31. The number of aromatic nitrogens is 2. The van der Waals surface area contributed by atoms with E-state index in [-0.39, 0.29) is 5.91 Å². The van der Waals surface area contributed by atoms with Crippen molar-refractivity contribution in [3.8, 4) is 0 Å². The monoisotopic (exact) mass is 431 g/mol. The number of nitrogens with zero attached hydrogens (tertiary/aromatic N) is 4. The Labute approximate surface area is 184 Å². The fourth-order valence-electron chi connectivity index (χ4n) is 2.79. The number of carbonyl (C=O) groups is 1. The third-order valence-corrected chi connectivity index (χ3v) is 5.33. The Kier molecular flexibility index (Phi) is 10.1. The Hall–Kier alpha value is -2.16. The van der Waals surface area contributed by atoms with Gasteiger partial charge >= 0.3 is 0 Å². The number of ether oxygens (including phenoxy) is 1. The van der Waals surface area contributed by atoms with E-state index in [2.05, 4.69) is 22.1 Å². The first-order valence-electron chi connectivity index (χ1n) is 10.2. The second kappa shape index (κ2) is 12.5. The van der Waals surface area contributed by atoms with E-state index in [0.29, 0.717) is 18.7 Å². The predicted octanol–water partition coefficient (Wildman–Crippen LogP) is 3.05. The van der Waals surface area contributed by atoms with Gasteiger partial charge in [-0.05, 0) is 38.2 Å². The summed E-state index contributed by atoms with van der Waals surface area (Å²) < 4.78 is 5.26. The molecule has 2 aromatic rings. The summed E-state index contributed by atoms with van der Waals surface area (Å²) in [6.07, 6.45) is 1.05. The van der Waals surface area contributed by atoms with Crippen molar-refractivity contribution >= 4 is 23.5 Å². The van der Waals surface area contributed by atoms with Crippen LogP contribution in [0.25, 0.3) is 0 Å². The zero-order chi connectivity index (χ0) is 21.9. The topological polar surface area (TPSA) is 70.6 Å². The molecule has 1 aromatic carbocycles. The summed E-state index contributed by atoms with van der Waals surface area (Å²) in [5.41, 5.74) is 2.66. The van der Waals surface area contributed by atoms with E-state index in [0.717, 1.165) is 47.5 Å². The molecule has 30 heavy (non-hydrogen) atoms. The van der Waals surface area contributed by atoms with Crippen LogP contribution < -0.4 is 10.2 Å². The first-order valence-corrected chi connectivity index (χ1v) is 11.1. The van der Waals surface area contributed by atoms with Gasteiger partial charge in [-0.15, -0.1) is 0 Å². The number of rotatable bonds is 12. The van der Waals surface area contributed by atoms with Crippen molar-refractivity contribution in [3.63, 3.8) is 0 Å². The number of hydrogen-bond acceptors (Lipinski definition) is 7. The number of anilines is 1. The molecule has 0 unspecified atom stereocenters. The molecule has 164 valence electrons. The maximum atomic E-state index is 12.2. The second-order valence-electron chi connectivity index (χ2n) is 7.40. The van der Waals surface area contributed by atoms with E-state index >= 15 is 0 Å². The van der Waals surface area contributed by atoms with E-state index in [1.807, 2.05) is 56.4 Å². The molecule has 0 aliphatic carbocycles. The summed E-state index contributed by atoms with van der Waals surface area (Å²) in [7, 11) is 7.68. The van der Waals surface area contributed by atoms with Crippen LogP contribution in [-0.4, -0.2) is 68.7 Å². The second-order valence-corrected chi connectivity index (χ2v) is 8.34. The number of thioether (sulfide) groups is 1. The number of hydrogen-bond donors (Lipinski definition) is 1. The van der Waals surface area contributed by atoms with Crippen molar-refractivity contribution in [1.29, 1.82) is 0 Å². The maximum Gasteiger partial charge on any atom is 0.251 e. The number of nitrogens with one attached hydrogen (secondary N) is 1. The molecule has 8 heteroatoms. The van der Waals surface area contributed by atoms with Crippen LogP contribution in [0.3, 0.4) is 0 Å². The molecule has 0 aliphatic heterocycles. The quantitative estimate of drug-likeness (QED) is 0.409. The first-order chi connectivity index (χ1) is 14.4. The van der Waals surface area contributed by atoms with Gasteiger partial charge in [-0.3, -0.25) is 4.79 Å². The molecular weight excluding hydrogens is 398 g/mol. The van der Waals surface area contributed by atoms with Crippen LogP contribution in [-0.2, 0) is 17.1 Å². The van der Waals surface area contributed by atoms with Crippen molar-refractivity contribution in [2.24, 2.45) is 0 Å². The highest BCUT2D eigenvalue weighted by Crippen LogP contribution is 2.23. The third-order valence-electron chi connectivity index (χ3n) is 4.42. The van der Waals surface area contributed by atoms with Crippen molar-refractivity contribution in [3.05, 3.63) is 47.2 Å². The number of benzene rings is 1. The van der Waals surface area contributed by atoms with Crippen LogP contribution in [0.2, 0.25) is 0 Å². The lowest BCUT2D eigenvalue weighted by Gasteiger charge is -2.18. The minimum absolute atomic E-state index is 0.0461. The smallest absolute Gasteiger partial charge is 0.251 e. The van der Waals surface area contributed by atoms with Gasteiger partial charge in [0.25, 0.3) is 5.91 Å². The molecule has 1 amide bonds. The molecule has 1 N–H and O–H groups in total. The Morgan fingerprint density at radius 3 is 2.50 bits per heavy atom. The van der Waals surface area contributed by atoms with Gasteiger partial charge < -0.3 is 19.9 Å². The lowest BCUT2D eigenvalue weighted by molar-refractivity contribution is 0.0951. The summed E-state index contributed by atoms with van der Waals surface area (Å²) in [6.45, 7) is 4.99. The van der Waals surface area contributed by atoms with Gasteiger partial charge in [0.05, 0.1) is 12.3 Å². The van der Waals surface area contributed by atoms with Crippen LogP contribution in [0.4, 0.5) is 5.82 Å². The molecule has 2 rings (SSSR count). The molecule has 1 aromatic heterocycles. The van der Waals surface area contributed by atoms with Gasteiger partial charge in [-0.25, -0.2) is 9.97 Å². The highest BCUT2D eigenvalue weighted by atomic mass is 32.2. The Bertz CT molecular complexity index is 799. The average Bonchev–Trinajstić information content (AvgIpc) is 2.72. The maximum absolute atomic E-state index is 12.2. The Morgan fingerprint density at radius 1 is 1.13 bits per heavy atom. The van der Waals surface area contributed by atoms with E-state index in [1.165, 1.54) is 0 Å². The van der Waals surface area contributed by atoms with Crippen LogP contribution >= 0.6 is 11.8 Å². The van der Waals surface area contributed by atoms with Crippen molar-refractivity contribution in [1.82, 2.24) is 20.2 Å². The SMILES string of the molecule is CCCN(C)c1cc(COC)nc(SCc2ccc(C(=O)NCCN(C)C)cc2)n1. The molecule has 0 bridgehead atoms. The van der Waals surface area contributed by atoms with E-state index < -0.39 is 0 Å². The predicted molar refractivity (Wildman–Crippen MR) is 123 cm³/mol. The minimum atomic E-state index is -0.0461. The van der Waals surface area contributed by atoms with E-state index in [9.17, 15) is 4.79 Å². The van der Waals surface area contributed by atoms with Crippen molar-refractivity contribution in [2.45, 2.75) is 30.9 Å². The number of likely N-dealkylation sites (N-methyl/N-ethyl adjacent to an activating group) is 1. The zero-order valence-electron chi connectivity index (χ0n) is 18.6. The highest BCUT2D eigenvalue weighted by Gasteiger charge is 2.10. The molecular formula is C22H33N5O2S. The molecule has 1 heterocycles. The number of amides is 1. The van der Waals surface area contributed by atoms with Gasteiger partial charge in [-0.1, -0.05) is 30.8 Å². The zero-order valence-corrected chi connectivity index (χ0v) is 19.5. The molecule has 0 aliphatic rings. The molecule has 0 fully saturated rings. The molecule has 0 radical (unpaired) electrons. The summed E-state index contributed by atoms with van der Waals surface area (Å²) in [4.78, 5) is 25.7. The van der Waals surface area contributed by atoms with Gasteiger partial charge in [0, 0.05) is 51.2 Å². The third kappa shape index (κ3) is 7.93. The largest absolute Gasteiger partial charge is 0.378 e. The summed E-state index contributed by atoms with van der Waals surface area (Å²) in [5, 5.41) is 3.66. The first kappa shape index (κ1) is 24.1. The number of methoxy groups -OCH3 is 1. The van der Waals surface area contributed by atoms with Gasteiger partial charge in [0.15, 0.2) is 5.16 Å².